The molecular weight excluding hydrogens is 750 g/mol. The predicted molar refractivity (Wildman–Crippen MR) is 198 cm³/mol. The van der Waals surface area contributed by atoms with Gasteiger partial charge in [0.15, 0.2) is 0 Å². The second kappa shape index (κ2) is 24.1. The van der Waals surface area contributed by atoms with E-state index in [2.05, 4.69) is 18.9 Å². The fraction of sp³-hybridized carbons (Fsp3) is 0.537. The third kappa shape index (κ3) is 15.8. The number of rotatable bonds is 27. The Morgan fingerprint density at radius 2 is 1.11 bits per heavy atom. The van der Waals surface area contributed by atoms with E-state index in [1.54, 1.807) is 6.07 Å². The summed E-state index contributed by atoms with van der Waals surface area (Å²) in [6, 6.07) is 7.50. The Morgan fingerprint density at radius 3 is 1.62 bits per heavy atom. The van der Waals surface area contributed by atoms with Gasteiger partial charge >= 0.3 is 13.7 Å². The zero-order chi connectivity index (χ0) is 40.2. The highest BCUT2D eigenvalue weighted by Gasteiger charge is 2.40. The molecule has 0 saturated carbocycles. The van der Waals surface area contributed by atoms with Crippen LogP contribution in [-0.4, -0.2) is 18.6 Å². The highest BCUT2D eigenvalue weighted by Crippen LogP contribution is 2.48. The third-order valence-electron chi connectivity index (χ3n) is 9.20. The molecule has 1 N–H and O–H groups in total. The molecule has 0 amide bonds. The molecule has 0 aliphatic carbocycles. The van der Waals surface area contributed by atoms with Crippen LogP contribution in [0.3, 0.4) is 0 Å². The highest BCUT2D eigenvalue weighted by atomic mass is 31.2. The van der Waals surface area contributed by atoms with Crippen LogP contribution < -0.4 is 14.1 Å². The number of carbonyl (C=O) groups excluding carboxylic acids is 1. The summed E-state index contributed by atoms with van der Waals surface area (Å²) in [4.78, 5) is 13.8. The van der Waals surface area contributed by atoms with Crippen molar-refractivity contribution < 1.29 is 53.9 Å². The van der Waals surface area contributed by atoms with Gasteiger partial charge in [-0.25, -0.2) is 26.5 Å². The van der Waals surface area contributed by atoms with E-state index in [0.29, 0.717) is 6.07 Å². The molecule has 2 atom stereocenters. The molecule has 3 aromatic carbocycles. The van der Waals surface area contributed by atoms with Crippen molar-refractivity contribution in [2.24, 2.45) is 5.92 Å². The van der Waals surface area contributed by atoms with E-state index in [0.717, 1.165) is 89.2 Å². The molecule has 3 aromatic rings. The largest absolute Gasteiger partial charge is 0.513 e. The Morgan fingerprint density at radius 1 is 0.636 bits per heavy atom. The Labute approximate surface area is 320 Å². The van der Waals surface area contributed by atoms with Crippen molar-refractivity contribution in [3.63, 3.8) is 0 Å². The molecular formula is C41H53F7NO5P. The van der Waals surface area contributed by atoms with Crippen LogP contribution in [0.15, 0.2) is 48.5 Å². The number of ether oxygens (including phenoxy) is 1. The van der Waals surface area contributed by atoms with Crippen LogP contribution in [0.25, 0.3) is 0 Å². The van der Waals surface area contributed by atoms with Gasteiger partial charge in [0, 0.05) is 6.07 Å². The lowest BCUT2D eigenvalue weighted by molar-refractivity contribution is -0.147. The molecule has 55 heavy (non-hydrogen) atoms. The van der Waals surface area contributed by atoms with Gasteiger partial charge in [-0.2, -0.15) is 13.9 Å². The Kier molecular flexibility index (Phi) is 20.1. The molecule has 0 radical (unpaired) electrons. The van der Waals surface area contributed by atoms with Crippen LogP contribution in [0.4, 0.5) is 30.7 Å². The van der Waals surface area contributed by atoms with E-state index in [-0.39, 0.29) is 23.8 Å². The summed E-state index contributed by atoms with van der Waals surface area (Å²) >= 11 is 0. The molecule has 0 fully saturated rings. The number of nitrogens with one attached hydrogen (secondary N) is 1. The number of para-hydroxylation sites is 1. The van der Waals surface area contributed by atoms with Crippen molar-refractivity contribution in [1.29, 1.82) is 0 Å². The fourth-order valence-corrected chi connectivity index (χ4v) is 7.73. The highest BCUT2D eigenvalue weighted by molar-refractivity contribution is 7.52. The lowest BCUT2D eigenvalue weighted by Crippen LogP contribution is -2.40. The molecule has 14 heteroatoms. The van der Waals surface area contributed by atoms with E-state index >= 15 is 0 Å². The second-order valence-electron chi connectivity index (χ2n) is 13.9. The van der Waals surface area contributed by atoms with Crippen LogP contribution in [0, 0.1) is 46.6 Å². The molecule has 0 heterocycles. The van der Waals surface area contributed by atoms with E-state index in [1.165, 1.54) is 49.9 Å². The minimum Gasteiger partial charge on any atom is -0.464 e. The van der Waals surface area contributed by atoms with E-state index < -0.39 is 72.6 Å². The SMILES string of the molecule is CCCCCCCCCC(CCCCCCCCC)COC(=O)[C@H](Cc1cc(F)cc(F)c1)N[P@](=O)(Oc1ccccc1)Oc1c(F)c(F)c(F)c(F)c1F. The molecule has 0 saturated heterocycles. The zero-order valence-corrected chi connectivity index (χ0v) is 32.5. The van der Waals surface area contributed by atoms with Gasteiger partial charge in [-0.15, -0.1) is 0 Å². The Hall–Kier alpha value is -3.57. The van der Waals surface area contributed by atoms with Gasteiger partial charge in [-0.1, -0.05) is 122 Å². The summed E-state index contributed by atoms with van der Waals surface area (Å²) in [6.07, 6.45) is 16.2. The van der Waals surface area contributed by atoms with Crippen molar-refractivity contribution in [3.8, 4) is 11.5 Å². The molecule has 306 valence electrons. The van der Waals surface area contributed by atoms with Crippen molar-refractivity contribution in [2.75, 3.05) is 6.61 Å². The first-order valence-corrected chi connectivity index (χ1v) is 20.9. The molecule has 0 aliphatic rings. The summed E-state index contributed by atoms with van der Waals surface area (Å²) in [5.74, 6) is -17.4. The smallest absolute Gasteiger partial charge is 0.464 e. The topological polar surface area (TPSA) is 73.9 Å². The van der Waals surface area contributed by atoms with E-state index in [4.69, 9.17) is 13.8 Å². The van der Waals surface area contributed by atoms with Crippen LogP contribution in [0.5, 0.6) is 11.5 Å². The second-order valence-corrected chi connectivity index (χ2v) is 15.5. The van der Waals surface area contributed by atoms with E-state index in [9.17, 15) is 40.1 Å². The molecule has 0 spiro atoms. The maximum atomic E-state index is 14.8. The van der Waals surface area contributed by atoms with Gasteiger partial charge in [0.2, 0.25) is 34.8 Å². The maximum Gasteiger partial charge on any atom is 0.513 e. The fourth-order valence-electron chi connectivity index (χ4n) is 6.21. The van der Waals surface area contributed by atoms with E-state index in [1.807, 2.05) is 0 Å². The Balaban J connectivity index is 1.88. The van der Waals surface area contributed by atoms with Gasteiger partial charge in [-0.3, -0.25) is 4.79 Å². The molecule has 0 unspecified atom stereocenters. The normalized spacial score (nSPS) is 13.1. The van der Waals surface area contributed by atoms with Crippen LogP contribution in [0.1, 0.15) is 122 Å². The van der Waals surface area contributed by atoms with Crippen molar-refractivity contribution >= 4 is 13.7 Å². The minimum atomic E-state index is -5.33. The number of carbonyl (C=O) groups is 1. The van der Waals surface area contributed by atoms with Gasteiger partial charge in [0.25, 0.3) is 0 Å². The quantitative estimate of drug-likeness (QED) is 0.0207. The third-order valence-corrected chi connectivity index (χ3v) is 10.7. The first-order valence-electron chi connectivity index (χ1n) is 19.3. The molecule has 0 aromatic heterocycles. The van der Waals surface area contributed by atoms with Gasteiger partial charge < -0.3 is 13.8 Å². The minimum absolute atomic E-state index is 0.0421. The van der Waals surface area contributed by atoms with Gasteiger partial charge in [0.1, 0.15) is 23.4 Å². The number of hydrogen-bond donors (Lipinski definition) is 1. The number of esters is 1. The summed E-state index contributed by atoms with van der Waals surface area (Å²) in [6.45, 7) is 4.26. The maximum absolute atomic E-state index is 14.8. The van der Waals surface area contributed by atoms with Crippen molar-refractivity contribution in [1.82, 2.24) is 5.09 Å². The average molecular weight is 804 g/mol. The number of unbranched alkanes of at least 4 members (excludes halogenated alkanes) is 12. The summed E-state index contributed by atoms with van der Waals surface area (Å²) in [7, 11) is -5.33. The predicted octanol–water partition coefficient (Wildman–Crippen LogP) is 12.9. The summed E-state index contributed by atoms with van der Waals surface area (Å²) in [5, 5.41) is 2.22. The van der Waals surface area contributed by atoms with Crippen molar-refractivity contribution in [2.45, 2.75) is 129 Å². The average Bonchev–Trinajstić information content (AvgIpc) is 3.15. The van der Waals surface area contributed by atoms with Gasteiger partial charge in [0.05, 0.1) is 6.61 Å². The lowest BCUT2D eigenvalue weighted by Gasteiger charge is -2.26. The summed E-state index contributed by atoms with van der Waals surface area (Å²) in [5.41, 5.74) is -0.114. The number of hydrogen-bond acceptors (Lipinski definition) is 5. The zero-order valence-electron chi connectivity index (χ0n) is 31.6. The van der Waals surface area contributed by atoms with Crippen LogP contribution >= 0.6 is 7.75 Å². The number of halogens is 7. The molecule has 6 nitrogen and oxygen atoms in total. The summed E-state index contributed by atoms with van der Waals surface area (Å²) < 4.78 is 131. The molecule has 0 aliphatic heterocycles. The van der Waals surface area contributed by atoms with Gasteiger partial charge in [-0.05, 0) is 55.0 Å². The Bertz CT molecular complexity index is 1600. The number of benzene rings is 3. The first kappa shape index (κ1) is 45.8. The van der Waals surface area contributed by atoms with Crippen LogP contribution in [-0.2, 0) is 20.5 Å². The van der Waals surface area contributed by atoms with Crippen molar-refractivity contribution in [3.05, 3.63) is 94.8 Å². The van der Waals surface area contributed by atoms with Crippen LogP contribution in [0.2, 0.25) is 0 Å². The first-order chi connectivity index (χ1) is 26.4. The molecule has 3 rings (SSSR count). The standard InChI is InChI=1S/C41H53F7NO5P/c1-3-5-7-9-11-13-16-20-29(21-17-14-12-10-8-6-4-2)28-52-41(50)34(26-30-24-31(42)27-32(43)25-30)49-55(51,53-33-22-18-15-19-23-33)54-40-38(47)36(45)35(44)37(46)39(40)48/h15,18-19,22-25,27,29,34H,3-14,16-17,20-21,26,28H2,1-2H3,(H,49,51)/t34-,55-/m0/s1. The molecule has 0 bridgehead atoms. The lowest BCUT2D eigenvalue weighted by atomic mass is 9.94. The monoisotopic (exact) mass is 803 g/mol.